The van der Waals surface area contributed by atoms with E-state index in [-0.39, 0.29) is 17.9 Å². The third kappa shape index (κ3) is 3.16. The molecule has 0 saturated carbocycles. The van der Waals surface area contributed by atoms with Crippen LogP contribution >= 0.6 is 0 Å². The fourth-order valence-electron chi connectivity index (χ4n) is 3.66. The summed E-state index contributed by atoms with van der Waals surface area (Å²) in [7, 11) is 0. The number of likely N-dealkylation sites (tertiary alicyclic amines) is 1. The predicted octanol–water partition coefficient (Wildman–Crippen LogP) is 3.35. The Balaban J connectivity index is 1.84. The molecule has 1 aromatic rings. The number of hydrogen-bond acceptors (Lipinski definition) is 2. The third-order valence-electron chi connectivity index (χ3n) is 4.96. The van der Waals surface area contributed by atoms with Crippen molar-refractivity contribution in [3.8, 4) is 0 Å². The van der Waals surface area contributed by atoms with Crippen molar-refractivity contribution < 1.29 is 9.59 Å². The Morgan fingerprint density at radius 2 is 2.00 bits per heavy atom. The summed E-state index contributed by atoms with van der Waals surface area (Å²) in [6.07, 6.45) is 7.45. The van der Waals surface area contributed by atoms with E-state index in [1.54, 1.807) is 11.8 Å². The number of carbonyl (C=O) groups is 2. The standard InChI is InChI=1S/C19H24N2O2/c1-14-7-5-6-11-20(14)19(23)13-18-17-9-4-3-8-16(17)10-12-21(18)15(2)22/h3-4,8-10,12,14,18H,5-7,11,13H2,1-2H3. The van der Waals surface area contributed by atoms with Gasteiger partial charge in [-0.1, -0.05) is 24.3 Å². The number of nitrogens with zero attached hydrogens (tertiary/aromatic N) is 2. The number of fused-ring (bicyclic) bond motifs is 1. The number of hydrogen-bond donors (Lipinski definition) is 0. The molecule has 2 atom stereocenters. The van der Waals surface area contributed by atoms with Gasteiger partial charge in [-0.3, -0.25) is 9.59 Å². The minimum absolute atomic E-state index is 0.0276. The van der Waals surface area contributed by atoms with Gasteiger partial charge in [0, 0.05) is 25.7 Å². The largest absolute Gasteiger partial charge is 0.340 e. The first kappa shape index (κ1) is 15.8. The van der Waals surface area contributed by atoms with E-state index in [0.29, 0.717) is 12.5 Å². The number of carbonyl (C=O) groups excluding carboxylic acids is 2. The maximum Gasteiger partial charge on any atom is 0.225 e. The Morgan fingerprint density at radius 3 is 2.74 bits per heavy atom. The Labute approximate surface area is 137 Å². The molecule has 0 radical (unpaired) electrons. The van der Waals surface area contributed by atoms with Crippen molar-refractivity contribution in [1.82, 2.24) is 9.80 Å². The predicted molar refractivity (Wildman–Crippen MR) is 90.4 cm³/mol. The maximum absolute atomic E-state index is 12.8. The van der Waals surface area contributed by atoms with Crippen LogP contribution in [0.15, 0.2) is 30.5 Å². The zero-order valence-corrected chi connectivity index (χ0v) is 13.9. The average molecular weight is 312 g/mol. The number of rotatable bonds is 2. The molecule has 4 heteroatoms. The molecule has 0 aliphatic carbocycles. The van der Waals surface area contributed by atoms with Gasteiger partial charge in [0.2, 0.25) is 11.8 Å². The number of piperidine rings is 1. The summed E-state index contributed by atoms with van der Waals surface area (Å²) >= 11 is 0. The van der Waals surface area contributed by atoms with E-state index < -0.39 is 0 Å². The summed E-state index contributed by atoms with van der Waals surface area (Å²) < 4.78 is 0. The lowest BCUT2D eigenvalue weighted by Gasteiger charge is -2.37. The highest BCUT2D eigenvalue weighted by Crippen LogP contribution is 2.33. The monoisotopic (exact) mass is 312 g/mol. The van der Waals surface area contributed by atoms with Crippen molar-refractivity contribution in [1.29, 1.82) is 0 Å². The minimum atomic E-state index is -0.199. The first-order valence-corrected chi connectivity index (χ1v) is 8.43. The third-order valence-corrected chi connectivity index (χ3v) is 4.96. The Morgan fingerprint density at radius 1 is 1.22 bits per heavy atom. The molecule has 23 heavy (non-hydrogen) atoms. The van der Waals surface area contributed by atoms with Crippen molar-refractivity contribution in [2.45, 2.75) is 51.6 Å². The molecule has 0 aromatic heterocycles. The van der Waals surface area contributed by atoms with Gasteiger partial charge in [0.25, 0.3) is 0 Å². The second kappa shape index (κ2) is 6.57. The summed E-state index contributed by atoms with van der Waals surface area (Å²) in [4.78, 5) is 28.5. The summed E-state index contributed by atoms with van der Waals surface area (Å²) in [6, 6.07) is 8.11. The van der Waals surface area contributed by atoms with Gasteiger partial charge in [-0.05, 0) is 43.4 Å². The van der Waals surface area contributed by atoms with E-state index in [0.717, 1.165) is 30.5 Å². The van der Waals surface area contributed by atoms with Gasteiger partial charge >= 0.3 is 0 Å². The molecule has 0 bridgehead atoms. The molecule has 2 aliphatic heterocycles. The minimum Gasteiger partial charge on any atom is -0.340 e. The zero-order valence-electron chi connectivity index (χ0n) is 13.9. The van der Waals surface area contributed by atoms with E-state index in [4.69, 9.17) is 0 Å². The Hall–Kier alpha value is -2.10. The smallest absolute Gasteiger partial charge is 0.225 e. The van der Waals surface area contributed by atoms with E-state index in [1.807, 2.05) is 41.4 Å². The fraction of sp³-hybridized carbons (Fsp3) is 0.474. The lowest BCUT2D eigenvalue weighted by molar-refractivity contribution is -0.137. The average Bonchev–Trinajstić information content (AvgIpc) is 2.55. The van der Waals surface area contributed by atoms with Gasteiger partial charge in [-0.25, -0.2) is 0 Å². The second-order valence-electron chi connectivity index (χ2n) is 6.52. The van der Waals surface area contributed by atoms with Gasteiger partial charge < -0.3 is 9.80 Å². The molecule has 2 amide bonds. The number of benzene rings is 1. The molecule has 4 nitrogen and oxygen atoms in total. The highest BCUT2D eigenvalue weighted by atomic mass is 16.2. The van der Waals surface area contributed by atoms with E-state index in [1.165, 1.54) is 6.42 Å². The molecule has 0 spiro atoms. The van der Waals surface area contributed by atoms with Gasteiger partial charge in [0.15, 0.2) is 0 Å². The van der Waals surface area contributed by atoms with Gasteiger partial charge in [0.05, 0.1) is 12.5 Å². The fourth-order valence-corrected chi connectivity index (χ4v) is 3.66. The van der Waals surface area contributed by atoms with Crippen LogP contribution in [-0.2, 0) is 9.59 Å². The molecule has 122 valence electrons. The first-order chi connectivity index (χ1) is 11.1. The summed E-state index contributed by atoms with van der Waals surface area (Å²) in [5.41, 5.74) is 2.15. The van der Waals surface area contributed by atoms with Crippen molar-refractivity contribution >= 4 is 17.9 Å². The van der Waals surface area contributed by atoms with Crippen molar-refractivity contribution in [3.05, 3.63) is 41.6 Å². The van der Waals surface area contributed by atoms with Crippen LogP contribution in [0.5, 0.6) is 0 Å². The van der Waals surface area contributed by atoms with Crippen LogP contribution in [0.3, 0.4) is 0 Å². The molecule has 1 fully saturated rings. The van der Waals surface area contributed by atoms with Gasteiger partial charge in [-0.15, -0.1) is 0 Å². The summed E-state index contributed by atoms with van der Waals surface area (Å²) in [6.45, 7) is 4.51. The Bertz CT molecular complexity index is 638. The van der Waals surface area contributed by atoms with Crippen LogP contribution in [0.4, 0.5) is 0 Å². The van der Waals surface area contributed by atoms with E-state index in [2.05, 4.69) is 6.92 Å². The topological polar surface area (TPSA) is 40.6 Å². The molecular weight excluding hydrogens is 288 g/mol. The highest BCUT2D eigenvalue weighted by molar-refractivity contribution is 5.82. The molecule has 3 rings (SSSR count). The van der Waals surface area contributed by atoms with E-state index in [9.17, 15) is 9.59 Å². The van der Waals surface area contributed by atoms with Crippen LogP contribution in [-0.4, -0.2) is 34.2 Å². The molecular formula is C19H24N2O2. The SMILES string of the molecule is CC(=O)N1C=Cc2ccccc2C1CC(=O)N1CCCCC1C. The van der Waals surface area contributed by atoms with Crippen LogP contribution in [0, 0.1) is 0 Å². The molecule has 0 N–H and O–H groups in total. The van der Waals surface area contributed by atoms with Crippen LogP contribution in [0.2, 0.25) is 0 Å². The van der Waals surface area contributed by atoms with Gasteiger partial charge in [-0.2, -0.15) is 0 Å². The zero-order chi connectivity index (χ0) is 16.4. The molecule has 1 saturated heterocycles. The molecule has 2 unspecified atom stereocenters. The van der Waals surface area contributed by atoms with Crippen LogP contribution < -0.4 is 0 Å². The first-order valence-electron chi connectivity index (χ1n) is 8.43. The molecule has 2 heterocycles. The van der Waals surface area contributed by atoms with Crippen molar-refractivity contribution in [3.63, 3.8) is 0 Å². The maximum atomic E-state index is 12.8. The van der Waals surface area contributed by atoms with Gasteiger partial charge in [0.1, 0.15) is 0 Å². The second-order valence-corrected chi connectivity index (χ2v) is 6.52. The normalized spacial score (nSPS) is 23.6. The van der Waals surface area contributed by atoms with Crippen LogP contribution in [0.1, 0.15) is 56.7 Å². The van der Waals surface area contributed by atoms with E-state index >= 15 is 0 Å². The van der Waals surface area contributed by atoms with Crippen molar-refractivity contribution in [2.75, 3.05) is 6.54 Å². The van der Waals surface area contributed by atoms with Crippen molar-refractivity contribution in [2.24, 2.45) is 0 Å². The summed E-state index contributed by atoms with van der Waals surface area (Å²) in [5, 5.41) is 0. The Kier molecular flexibility index (Phi) is 4.51. The summed E-state index contributed by atoms with van der Waals surface area (Å²) in [5.74, 6) is 0.124. The lowest BCUT2D eigenvalue weighted by Crippen LogP contribution is -2.44. The highest BCUT2D eigenvalue weighted by Gasteiger charge is 2.31. The van der Waals surface area contributed by atoms with Crippen LogP contribution in [0.25, 0.3) is 6.08 Å². The molecule has 1 aromatic carbocycles. The lowest BCUT2D eigenvalue weighted by atomic mass is 9.92. The molecule has 2 aliphatic rings. The number of amides is 2. The quantitative estimate of drug-likeness (QED) is 0.840.